The van der Waals surface area contributed by atoms with Crippen molar-refractivity contribution in [2.45, 2.75) is 37.7 Å². The first-order chi connectivity index (χ1) is 9.65. The summed E-state index contributed by atoms with van der Waals surface area (Å²) in [6.07, 6.45) is 0.299. The molecule has 0 aliphatic carbocycles. The second-order valence-corrected chi connectivity index (χ2v) is 6.49. The molecule has 21 heavy (non-hydrogen) atoms. The van der Waals surface area contributed by atoms with Crippen LogP contribution in [0, 0.1) is 22.9 Å². The van der Waals surface area contributed by atoms with Gasteiger partial charge in [0.05, 0.1) is 15.9 Å². The molecule has 1 aromatic rings. The number of hydrogen-bond donors (Lipinski definition) is 2. The molecule has 1 unspecified atom stereocenters. The second kappa shape index (κ2) is 6.92. The molecule has 0 aromatic heterocycles. The van der Waals surface area contributed by atoms with E-state index in [1.54, 1.807) is 6.92 Å². The number of nitro groups is 1. The van der Waals surface area contributed by atoms with Gasteiger partial charge in [-0.2, -0.15) is 4.39 Å². The fourth-order valence-corrected chi connectivity index (χ4v) is 2.87. The van der Waals surface area contributed by atoms with Gasteiger partial charge in [-0.3, -0.25) is 10.1 Å². The number of aliphatic hydroxyl groups excluding tert-OH is 1. The Bertz CT molecular complexity index is 631. The van der Waals surface area contributed by atoms with Crippen molar-refractivity contribution < 1.29 is 22.8 Å². The van der Waals surface area contributed by atoms with Crippen LogP contribution in [0.4, 0.5) is 10.1 Å². The van der Waals surface area contributed by atoms with Gasteiger partial charge in [-0.1, -0.05) is 0 Å². The number of hydrogen-bond acceptors (Lipinski definition) is 5. The van der Waals surface area contributed by atoms with E-state index in [2.05, 4.69) is 4.72 Å². The highest BCUT2D eigenvalue weighted by atomic mass is 32.2. The molecule has 1 atom stereocenters. The first-order valence-corrected chi connectivity index (χ1v) is 7.75. The van der Waals surface area contributed by atoms with E-state index < -0.39 is 32.6 Å². The van der Waals surface area contributed by atoms with Crippen molar-refractivity contribution in [3.8, 4) is 0 Å². The summed E-state index contributed by atoms with van der Waals surface area (Å²) < 4.78 is 39.8. The van der Waals surface area contributed by atoms with E-state index in [4.69, 9.17) is 5.11 Å². The van der Waals surface area contributed by atoms with Gasteiger partial charge < -0.3 is 5.11 Å². The molecule has 0 saturated heterocycles. The van der Waals surface area contributed by atoms with E-state index in [-0.39, 0.29) is 17.0 Å². The fraction of sp³-hybridized carbons (Fsp3) is 0.500. The molecular formula is C12H17FN2O5S. The minimum absolute atomic E-state index is 0.0808. The summed E-state index contributed by atoms with van der Waals surface area (Å²) in [4.78, 5) is 9.39. The second-order valence-electron chi connectivity index (χ2n) is 4.72. The molecule has 0 saturated carbocycles. The van der Waals surface area contributed by atoms with Crippen LogP contribution in [0.5, 0.6) is 0 Å². The molecule has 9 heteroatoms. The number of aliphatic hydroxyl groups is 1. The third kappa shape index (κ3) is 4.73. The van der Waals surface area contributed by atoms with Crippen LogP contribution in [0.2, 0.25) is 0 Å². The molecule has 0 aliphatic heterocycles. The van der Waals surface area contributed by atoms with Gasteiger partial charge in [0, 0.05) is 12.6 Å². The highest BCUT2D eigenvalue weighted by Crippen LogP contribution is 2.24. The highest BCUT2D eigenvalue weighted by Gasteiger charge is 2.23. The van der Waals surface area contributed by atoms with Crippen LogP contribution in [-0.4, -0.2) is 31.1 Å². The van der Waals surface area contributed by atoms with E-state index in [0.717, 1.165) is 6.07 Å². The summed E-state index contributed by atoms with van der Waals surface area (Å²) in [5, 5.41) is 19.8. The van der Waals surface area contributed by atoms with Crippen LogP contribution < -0.4 is 4.72 Å². The maximum Gasteiger partial charge on any atom is 0.306 e. The summed E-state index contributed by atoms with van der Waals surface area (Å²) in [5.41, 5.74) is -0.993. The molecule has 0 spiro atoms. The summed E-state index contributed by atoms with van der Waals surface area (Å²) >= 11 is 0. The standard InChI is InChI=1S/C12H17FN2O5S/c1-8-6-10(7-11(12(8)13)15(17)18)21(19,20)14-5-3-4-9(2)16/h6-7,9,14,16H,3-5H2,1-2H3. The van der Waals surface area contributed by atoms with E-state index in [0.29, 0.717) is 18.9 Å². The highest BCUT2D eigenvalue weighted by molar-refractivity contribution is 7.89. The number of nitrogens with zero attached hydrogens (tertiary/aromatic N) is 1. The fourth-order valence-electron chi connectivity index (χ4n) is 1.69. The first kappa shape index (κ1) is 17.5. The zero-order valence-electron chi connectivity index (χ0n) is 11.7. The molecule has 7 nitrogen and oxygen atoms in total. The molecular weight excluding hydrogens is 303 g/mol. The average Bonchev–Trinajstić information content (AvgIpc) is 2.37. The Morgan fingerprint density at radius 1 is 1.48 bits per heavy atom. The largest absolute Gasteiger partial charge is 0.393 e. The van der Waals surface area contributed by atoms with E-state index in [9.17, 15) is 22.9 Å². The third-order valence-corrected chi connectivity index (χ3v) is 4.25. The minimum atomic E-state index is -3.96. The first-order valence-electron chi connectivity index (χ1n) is 6.27. The lowest BCUT2D eigenvalue weighted by atomic mass is 10.2. The Hall–Kier alpha value is -1.58. The van der Waals surface area contributed by atoms with Gasteiger partial charge in [0.1, 0.15) is 0 Å². The number of rotatable bonds is 7. The zero-order chi connectivity index (χ0) is 16.2. The summed E-state index contributed by atoms with van der Waals surface area (Å²) in [7, 11) is -3.96. The maximum absolute atomic E-state index is 13.5. The summed E-state index contributed by atoms with van der Waals surface area (Å²) in [6, 6.07) is 1.73. The summed E-state index contributed by atoms with van der Waals surface area (Å²) in [5.74, 6) is -1.05. The Balaban J connectivity index is 2.96. The Kier molecular flexibility index (Phi) is 5.76. The Morgan fingerprint density at radius 3 is 2.62 bits per heavy atom. The van der Waals surface area contributed by atoms with Crippen molar-refractivity contribution in [2.75, 3.05) is 6.54 Å². The van der Waals surface area contributed by atoms with Crippen molar-refractivity contribution in [1.29, 1.82) is 0 Å². The molecule has 0 fully saturated rings. The van der Waals surface area contributed by atoms with Crippen LogP contribution in [0.25, 0.3) is 0 Å². The van der Waals surface area contributed by atoms with Crippen LogP contribution >= 0.6 is 0 Å². The van der Waals surface area contributed by atoms with E-state index in [1.807, 2.05) is 0 Å². The number of aryl methyl sites for hydroxylation is 1. The number of sulfonamides is 1. The molecule has 118 valence electrons. The smallest absolute Gasteiger partial charge is 0.306 e. The molecule has 0 radical (unpaired) electrons. The summed E-state index contributed by atoms with van der Waals surface area (Å²) in [6.45, 7) is 2.92. The van der Waals surface area contributed by atoms with Crippen LogP contribution in [0.15, 0.2) is 17.0 Å². The number of halogens is 1. The zero-order valence-corrected chi connectivity index (χ0v) is 12.5. The van der Waals surface area contributed by atoms with Gasteiger partial charge in [0.2, 0.25) is 15.8 Å². The molecule has 1 aromatic carbocycles. The lowest BCUT2D eigenvalue weighted by molar-refractivity contribution is -0.387. The number of nitrogens with one attached hydrogen (secondary N) is 1. The SMILES string of the molecule is Cc1cc(S(=O)(=O)NCCCC(C)O)cc([N+](=O)[O-])c1F. The average molecular weight is 320 g/mol. The van der Waals surface area contributed by atoms with Crippen molar-refractivity contribution in [3.05, 3.63) is 33.6 Å². The lowest BCUT2D eigenvalue weighted by Gasteiger charge is -2.09. The quantitative estimate of drug-likeness (QED) is 0.449. The van der Waals surface area contributed by atoms with Gasteiger partial charge in [-0.05, 0) is 38.3 Å². The van der Waals surface area contributed by atoms with Crippen LogP contribution in [0.3, 0.4) is 0 Å². The van der Waals surface area contributed by atoms with Crippen molar-refractivity contribution in [1.82, 2.24) is 4.72 Å². The van der Waals surface area contributed by atoms with Crippen LogP contribution in [-0.2, 0) is 10.0 Å². The third-order valence-electron chi connectivity index (χ3n) is 2.81. The van der Waals surface area contributed by atoms with E-state index in [1.165, 1.54) is 6.92 Å². The normalized spacial score (nSPS) is 13.1. The van der Waals surface area contributed by atoms with Crippen LogP contribution in [0.1, 0.15) is 25.3 Å². The molecule has 0 bridgehead atoms. The topological polar surface area (TPSA) is 110 Å². The van der Waals surface area contributed by atoms with Gasteiger partial charge in [0.25, 0.3) is 0 Å². The lowest BCUT2D eigenvalue weighted by Crippen LogP contribution is -2.25. The van der Waals surface area contributed by atoms with Gasteiger partial charge in [-0.15, -0.1) is 0 Å². The Morgan fingerprint density at radius 2 is 2.10 bits per heavy atom. The molecule has 0 heterocycles. The maximum atomic E-state index is 13.5. The van der Waals surface area contributed by atoms with Crippen molar-refractivity contribution in [3.63, 3.8) is 0 Å². The van der Waals surface area contributed by atoms with Crippen molar-refractivity contribution >= 4 is 15.7 Å². The minimum Gasteiger partial charge on any atom is -0.393 e. The molecule has 2 N–H and O–H groups in total. The Labute approximate surface area is 122 Å². The molecule has 0 amide bonds. The van der Waals surface area contributed by atoms with Crippen molar-refractivity contribution in [2.24, 2.45) is 0 Å². The monoisotopic (exact) mass is 320 g/mol. The molecule has 0 aliphatic rings. The predicted octanol–water partition coefficient (Wildman–Crippen LogP) is 1.48. The number of benzene rings is 1. The van der Waals surface area contributed by atoms with Gasteiger partial charge in [-0.25, -0.2) is 13.1 Å². The van der Waals surface area contributed by atoms with Gasteiger partial charge >= 0.3 is 5.69 Å². The van der Waals surface area contributed by atoms with E-state index >= 15 is 0 Å². The molecule has 1 rings (SSSR count). The van der Waals surface area contributed by atoms with Gasteiger partial charge in [0.15, 0.2) is 0 Å². The number of nitro benzene ring substituents is 1. The predicted molar refractivity (Wildman–Crippen MR) is 73.9 cm³/mol.